The molecule has 1 saturated heterocycles. The molecule has 0 unspecified atom stereocenters. The third-order valence-corrected chi connectivity index (χ3v) is 3.81. The Labute approximate surface area is 141 Å². The summed E-state index contributed by atoms with van der Waals surface area (Å²) in [6.45, 7) is 1.73. The Bertz CT molecular complexity index is 577. The highest BCUT2D eigenvalue weighted by atomic mass is 16.6. The van der Waals surface area contributed by atoms with Gasteiger partial charge in [-0.25, -0.2) is 4.79 Å². The minimum Gasteiger partial charge on any atom is -0.441 e. The number of ether oxygens (including phenoxy) is 3. The first-order chi connectivity index (χ1) is 11.8. The van der Waals surface area contributed by atoms with E-state index >= 15 is 0 Å². The lowest BCUT2D eigenvalue weighted by Crippen LogP contribution is -2.38. The zero-order valence-corrected chi connectivity index (χ0v) is 13.4. The first-order valence-corrected chi connectivity index (χ1v) is 8.02. The van der Waals surface area contributed by atoms with Gasteiger partial charge in [-0.15, -0.1) is 0 Å². The molecular weight excluding hydrogens is 306 g/mol. The van der Waals surface area contributed by atoms with Crippen molar-refractivity contribution in [2.75, 3.05) is 13.2 Å². The van der Waals surface area contributed by atoms with Gasteiger partial charge in [-0.05, 0) is 11.1 Å². The molecule has 2 aromatic carbocycles. The average Bonchev–Trinajstić information content (AvgIpc) is 2.96. The van der Waals surface area contributed by atoms with Crippen LogP contribution in [0.1, 0.15) is 11.1 Å². The Morgan fingerprint density at radius 1 is 0.833 bits per heavy atom. The van der Waals surface area contributed by atoms with Crippen LogP contribution in [-0.4, -0.2) is 31.5 Å². The monoisotopic (exact) mass is 327 g/mol. The maximum Gasteiger partial charge on any atom is 0.408 e. The van der Waals surface area contributed by atoms with Gasteiger partial charge < -0.3 is 19.5 Å². The first-order valence-electron chi connectivity index (χ1n) is 8.02. The lowest BCUT2D eigenvalue weighted by atomic mass is 10.2. The smallest absolute Gasteiger partial charge is 0.408 e. The number of rotatable bonds is 8. The minimum absolute atomic E-state index is 0.197. The van der Waals surface area contributed by atoms with E-state index in [4.69, 9.17) is 14.2 Å². The number of cyclic esters (lactones) is 1. The molecule has 0 spiro atoms. The van der Waals surface area contributed by atoms with E-state index < -0.39 is 6.09 Å². The SMILES string of the molecule is O=C1N[C@@H](COCc2ccccc2)[C@H](COCc2ccccc2)O1. The average molecular weight is 327 g/mol. The van der Waals surface area contributed by atoms with Gasteiger partial charge in [0, 0.05) is 0 Å². The first kappa shape index (κ1) is 16.5. The second-order valence-corrected chi connectivity index (χ2v) is 5.70. The van der Waals surface area contributed by atoms with E-state index in [2.05, 4.69) is 5.32 Å². The molecule has 24 heavy (non-hydrogen) atoms. The Hall–Kier alpha value is -2.37. The Morgan fingerprint density at radius 2 is 1.38 bits per heavy atom. The molecule has 1 fully saturated rings. The number of carbonyl (C=O) groups excluding carboxylic acids is 1. The fraction of sp³-hybridized carbons (Fsp3) is 0.316. The van der Waals surface area contributed by atoms with Crippen molar-refractivity contribution in [2.24, 2.45) is 0 Å². The molecule has 5 heteroatoms. The summed E-state index contributed by atoms with van der Waals surface area (Å²) in [5.41, 5.74) is 2.19. The van der Waals surface area contributed by atoms with Crippen LogP contribution in [0.4, 0.5) is 4.79 Å². The van der Waals surface area contributed by atoms with Gasteiger partial charge in [-0.3, -0.25) is 0 Å². The molecule has 2 aromatic rings. The van der Waals surface area contributed by atoms with Crippen molar-refractivity contribution in [2.45, 2.75) is 25.4 Å². The number of amides is 1. The number of benzene rings is 2. The molecule has 1 N–H and O–H groups in total. The molecule has 1 aliphatic rings. The van der Waals surface area contributed by atoms with Crippen molar-refractivity contribution in [1.82, 2.24) is 5.32 Å². The van der Waals surface area contributed by atoms with Crippen LogP contribution in [0, 0.1) is 0 Å². The number of nitrogens with one attached hydrogen (secondary N) is 1. The zero-order chi connectivity index (χ0) is 16.6. The fourth-order valence-corrected chi connectivity index (χ4v) is 2.54. The molecule has 1 amide bonds. The predicted octanol–water partition coefficient (Wildman–Crippen LogP) is 2.90. The second kappa shape index (κ2) is 8.47. The molecule has 126 valence electrons. The molecule has 0 bridgehead atoms. The van der Waals surface area contributed by atoms with Crippen molar-refractivity contribution in [1.29, 1.82) is 0 Å². The number of alkyl carbamates (subject to hydrolysis) is 1. The Kier molecular flexibility index (Phi) is 5.82. The van der Waals surface area contributed by atoms with Gasteiger partial charge in [0.2, 0.25) is 0 Å². The zero-order valence-electron chi connectivity index (χ0n) is 13.4. The number of hydrogen-bond acceptors (Lipinski definition) is 4. The topological polar surface area (TPSA) is 56.8 Å². The van der Waals surface area contributed by atoms with Crippen LogP contribution >= 0.6 is 0 Å². The summed E-state index contributed by atoms with van der Waals surface area (Å²) < 4.78 is 16.6. The van der Waals surface area contributed by atoms with Crippen molar-refractivity contribution in [3.8, 4) is 0 Å². The standard InChI is InChI=1S/C19H21NO4/c21-19-20-17(13-22-11-15-7-3-1-4-8-15)18(24-19)14-23-12-16-9-5-2-6-10-16/h1-10,17-18H,11-14H2,(H,20,21)/t17-,18-/m0/s1. The van der Waals surface area contributed by atoms with Gasteiger partial charge in [-0.2, -0.15) is 0 Å². The summed E-state index contributed by atoms with van der Waals surface area (Å²) in [6, 6.07) is 19.6. The molecular formula is C19H21NO4. The van der Waals surface area contributed by atoms with Crippen LogP contribution in [0.3, 0.4) is 0 Å². The Morgan fingerprint density at radius 3 is 1.96 bits per heavy atom. The molecule has 2 atom stereocenters. The summed E-state index contributed by atoms with van der Waals surface area (Å²) in [6.07, 6.45) is -0.756. The van der Waals surface area contributed by atoms with Gasteiger partial charge in [0.05, 0.1) is 32.5 Å². The summed E-state index contributed by atoms with van der Waals surface area (Å²) in [5.74, 6) is 0. The van der Waals surface area contributed by atoms with Crippen molar-refractivity contribution in [3.63, 3.8) is 0 Å². The third kappa shape index (κ3) is 4.81. The van der Waals surface area contributed by atoms with Crippen LogP contribution < -0.4 is 5.32 Å². The molecule has 0 radical (unpaired) electrons. The molecule has 0 aromatic heterocycles. The van der Waals surface area contributed by atoms with Gasteiger partial charge in [0.1, 0.15) is 6.10 Å². The van der Waals surface area contributed by atoms with E-state index in [9.17, 15) is 4.79 Å². The quantitative estimate of drug-likeness (QED) is 0.810. The lowest BCUT2D eigenvalue weighted by molar-refractivity contribution is 0.00888. The molecule has 0 aliphatic carbocycles. The fourth-order valence-electron chi connectivity index (χ4n) is 2.54. The van der Waals surface area contributed by atoms with Crippen molar-refractivity contribution < 1.29 is 19.0 Å². The minimum atomic E-state index is -0.420. The van der Waals surface area contributed by atoms with Crippen LogP contribution in [0.15, 0.2) is 60.7 Å². The highest BCUT2D eigenvalue weighted by Gasteiger charge is 2.34. The van der Waals surface area contributed by atoms with E-state index in [1.165, 1.54) is 0 Å². The highest BCUT2D eigenvalue weighted by Crippen LogP contribution is 2.12. The van der Waals surface area contributed by atoms with E-state index in [0.717, 1.165) is 11.1 Å². The Balaban J connectivity index is 1.42. The summed E-state index contributed by atoms with van der Waals surface area (Å²) in [7, 11) is 0. The molecule has 1 aliphatic heterocycles. The van der Waals surface area contributed by atoms with Crippen LogP contribution in [0.5, 0.6) is 0 Å². The maximum absolute atomic E-state index is 11.5. The van der Waals surface area contributed by atoms with Gasteiger partial charge in [0.25, 0.3) is 0 Å². The maximum atomic E-state index is 11.5. The molecule has 0 saturated carbocycles. The lowest BCUT2D eigenvalue weighted by Gasteiger charge is -2.17. The highest BCUT2D eigenvalue weighted by molar-refractivity contribution is 5.70. The van der Waals surface area contributed by atoms with E-state index in [0.29, 0.717) is 26.4 Å². The van der Waals surface area contributed by atoms with Crippen molar-refractivity contribution in [3.05, 3.63) is 71.8 Å². The van der Waals surface area contributed by atoms with E-state index in [1.807, 2.05) is 60.7 Å². The molecule has 3 rings (SSSR count). The summed E-state index contributed by atoms with van der Waals surface area (Å²) in [4.78, 5) is 11.5. The van der Waals surface area contributed by atoms with Gasteiger partial charge in [-0.1, -0.05) is 60.7 Å². The third-order valence-electron chi connectivity index (χ3n) is 3.81. The number of hydrogen-bond donors (Lipinski definition) is 1. The van der Waals surface area contributed by atoms with Crippen LogP contribution in [-0.2, 0) is 27.4 Å². The van der Waals surface area contributed by atoms with Crippen LogP contribution in [0.25, 0.3) is 0 Å². The van der Waals surface area contributed by atoms with Gasteiger partial charge in [0.15, 0.2) is 0 Å². The summed E-state index contributed by atoms with van der Waals surface area (Å²) in [5, 5.41) is 2.77. The largest absolute Gasteiger partial charge is 0.441 e. The molecule has 5 nitrogen and oxygen atoms in total. The second-order valence-electron chi connectivity index (χ2n) is 5.70. The molecule has 1 heterocycles. The number of carbonyl (C=O) groups is 1. The van der Waals surface area contributed by atoms with Gasteiger partial charge >= 0.3 is 6.09 Å². The van der Waals surface area contributed by atoms with Crippen molar-refractivity contribution >= 4 is 6.09 Å². The summed E-state index contributed by atoms with van der Waals surface area (Å²) >= 11 is 0. The van der Waals surface area contributed by atoms with E-state index in [-0.39, 0.29) is 12.1 Å². The normalized spacial score (nSPS) is 19.8. The van der Waals surface area contributed by atoms with E-state index in [1.54, 1.807) is 0 Å². The predicted molar refractivity (Wildman–Crippen MR) is 89.4 cm³/mol. The van der Waals surface area contributed by atoms with Crippen LogP contribution in [0.2, 0.25) is 0 Å².